The Labute approximate surface area is 152 Å². The molecular weight excluding hydrogens is 371 g/mol. The Morgan fingerprint density at radius 2 is 2.36 bits per heavy atom. The van der Waals surface area contributed by atoms with Crippen LogP contribution in [0, 0.1) is 0 Å². The summed E-state index contributed by atoms with van der Waals surface area (Å²) >= 11 is 6.92. The maximum Gasteiger partial charge on any atom is 0.349 e. The maximum atomic E-state index is 14.5. The zero-order valence-electron chi connectivity index (χ0n) is 13.3. The van der Waals surface area contributed by atoms with Crippen LogP contribution in [0.15, 0.2) is 18.5 Å². The summed E-state index contributed by atoms with van der Waals surface area (Å²) in [6.45, 7) is 0.607. The maximum absolute atomic E-state index is 14.5. The van der Waals surface area contributed by atoms with Crippen molar-refractivity contribution in [1.82, 2.24) is 15.3 Å². The number of carbonyl (C=O) groups excluding carboxylic acids is 2. The van der Waals surface area contributed by atoms with Gasteiger partial charge in [0.2, 0.25) is 0 Å². The molecule has 1 saturated heterocycles. The molecule has 0 saturated carbocycles. The van der Waals surface area contributed by atoms with Gasteiger partial charge in [-0.1, -0.05) is 22.9 Å². The second kappa shape index (κ2) is 7.40. The quantitative estimate of drug-likeness (QED) is 0.787. The molecule has 1 amide bonds. The molecule has 10 heteroatoms. The number of esters is 1. The predicted octanol–water partition coefficient (Wildman–Crippen LogP) is 2.26. The van der Waals surface area contributed by atoms with Gasteiger partial charge < -0.3 is 19.9 Å². The predicted molar refractivity (Wildman–Crippen MR) is 92.2 cm³/mol. The second-order valence-corrected chi connectivity index (χ2v) is 7.01. The van der Waals surface area contributed by atoms with Crippen LogP contribution in [0.1, 0.15) is 26.6 Å². The van der Waals surface area contributed by atoms with Crippen LogP contribution in [-0.2, 0) is 4.74 Å². The Bertz CT molecular complexity index is 780. The average molecular weight is 387 g/mol. The number of alkyl halides is 1. The fourth-order valence-electron chi connectivity index (χ4n) is 2.59. The van der Waals surface area contributed by atoms with E-state index in [1.165, 1.54) is 25.6 Å². The largest absolute Gasteiger partial charge is 0.465 e. The Kier molecular flexibility index (Phi) is 5.24. The highest BCUT2D eigenvalue weighted by atomic mass is 35.5. The van der Waals surface area contributed by atoms with Gasteiger partial charge in [-0.3, -0.25) is 4.79 Å². The van der Waals surface area contributed by atoms with Gasteiger partial charge >= 0.3 is 5.97 Å². The van der Waals surface area contributed by atoms with Crippen molar-refractivity contribution in [3.63, 3.8) is 0 Å². The van der Waals surface area contributed by atoms with Crippen molar-refractivity contribution >= 4 is 39.9 Å². The lowest BCUT2D eigenvalue weighted by atomic mass is 10.0. The van der Waals surface area contributed by atoms with Gasteiger partial charge in [-0.25, -0.2) is 14.2 Å². The number of nitrogens with one attached hydrogen (secondary N) is 2. The minimum absolute atomic E-state index is 0.0879. The third kappa shape index (κ3) is 3.93. The summed E-state index contributed by atoms with van der Waals surface area (Å²) in [5, 5.41) is 3.66. The molecule has 1 aliphatic heterocycles. The first-order valence-corrected chi connectivity index (χ1v) is 8.75. The minimum atomic E-state index is -1.26. The highest BCUT2D eigenvalue weighted by molar-refractivity contribution is 7.17. The molecule has 0 bridgehead atoms. The number of amides is 1. The number of anilines is 1. The highest BCUT2D eigenvalue weighted by Crippen LogP contribution is 2.27. The van der Waals surface area contributed by atoms with E-state index in [4.69, 9.17) is 11.6 Å². The Morgan fingerprint density at radius 3 is 3.00 bits per heavy atom. The summed E-state index contributed by atoms with van der Waals surface area (Å²) in [4.78, 5) is 32.6. The molecule has 25 heavy (non-hydrogen) atoms. The topological polar surface area (TPSA) is 87.3 Å². The van der Waals surface area contributed by atoms with Crippen molar-refractivity contribution < 1.29 is 18.7 Å². The second-order valence-electron chi connectivity index (χ2n) is 5.56. The monoisotopic (exact) mass is 386 g/mol. The molecule has 0 aliphatic carbocycles. The van der Waals surface area contributed by atoms with E-state index in [1.807, 2.05) is 0 Å². The van der Waals surface area contributed by atoms with Crippen molar-refractivity contribution in [2.45, 2.75) is 18.6 Å². The SMILES string of the molecule is COC(=O)c1cnc(N2CC[C@@H](NC(=O)c3cc(Cl)c[nH]3)[C@@H](F)C2)s1. The molecule has 7 nitrogen and oxygen atoms in total. The molecule has 2 atom stereocenters. The Hall–Kier alpha value is -2.13. The fourth-order valence-corrected chi connectivity index (χ4v) is 3.63. The van der Waals surface area contributed by atoms with Crippen molar-refractivity contribution in [1.29, 1.82) is 0 Å². The first-order valence-electron chi connectivity index (χ1n) is 7.56. The van der Waals surface area contributed by atoms with Crippen molar-refractivity contribution in [3.8, 4) is 0 Å². The first-order chi connectivity index (χ1) is 12.0. The molecule has 2 aromatic heterocycles. The molecule has 2 aromatic rings. The van der Waals surface area contributed by atoms with Crippen molar-refractivity contribution in [2.24, 2.45) is 0 Å². The molecule has 2 N–H and O–H groups in total. The van der Waals surface area contributed by atoms with Gasteiger partial charge in [0, 0.05) is 12.7 Å². The lowest BCUT2D eigenvalue weighted by Crippen LogP contribution is -2.52. The van der Waals surface area contributed by atoms with E-state index in [0.29, 0.717) is 33.7 Å². The van der Waals surface area contributed by atoms with Gasteiger partial charge in [0.05, 0.1) is 30.9 Å². The zero-order valence-corrected chi connectivity index (χ0v) is 14.9. The van der Waals surface area contributed by atoms with Crippen LogP contribution in [0.4, 0.5) is 9.52 Å². The number of halogens is 2. The number of hydrogen-bond donors (Lipinski definition) is 2. The molecule has 3 rings (SSSR count). The molecule has 0 unspecified atom stereocenters. The summed E-state index contributed by atoms with van der Waals surface area (Å²) in [5.74, 6) is -0.859. The average Bonchev–Trinajstić information content (AvgIpc) is 3.25. The zero-order chi connectivity index (χ0) is 18.0. The van der Waals surface area contributed by atoms with Crippen LogP contribution in [-0.4, -0.2) is 54.3 Å². The summed E-state index contributed by atoms with van der Waals surface area (Å²) in [5.41, 5.74) is 0.294. The van der Waals surface area contributed by atoms with E-state index >= 15 is 0 Å². The standard InChI is InChI=1S/C15H16ClFN4O3S/c1-24-14(23)12-6-19-15(25-12)21-3-2-10(9(17)7-21)20-13(22)11-4-8(16)5-18-11/h4-6,9-10,18H,2-3,7H2,1H3,(H,20,22)/t9-,10+/m0/s1. The van der Waals surface area contributed by atoms with Crippen LogP contribution >= 0.6 is 22.9 Å². The molecule has 1 aliphatic rings. The molecule has 134 valence electrons. The highest BCUT2D eigenvalue weighted by Gasteiger charge is 2.32. The fraction of sp³-hybridized carbons (Fsp3) is 0.400. The summed E-state index contributed by atoms with van der Waals surface area (Å²) in [6.07, 6.45) is 2.08. The van der Waals surface area contributed by atoms with Gasteiger partial charge in [0.15, 0.2) is 5.13 Å². The number of H-pyrrole nitrogens is 1. The van der Waals surface area contributed by atoms with E-state index < -0.39 is 24.1 Å². The number of rotatable bonds is 4. The van der Waals surface area contributed by atoms with Gasteiger partial charge in [0.25, 0.3) is 5.91 Å². The number of ether oxygens (including phenoxy) is 1. The smallest absolute Gasteiger partial charge is 0.349 e. The van der Waals surface area contributed by atoms with Gasteiger partial charge in [-0.2, -0.15) is 0 Å². The lowest BCUT2D eigenvalue weighted by Gasteiger charge is -2.34. The van der Waals surface area contributed by atoms with Gasteiger partial charge in [0.1, 0.15) is 16.7 Å². The lowest BCUT2D eigenvalue weighted by molar-refractivity contribution is 0.0606. The number of nitrogens with zero attached hydrogens (tertiary/aromatic N) is 2. The number of piperidine rings is 1. The third-order valence-electron chi connectivity index (χ3n) is 3.90. The summed E-state index contributed by atoms with van der Waals surface area (Å²) in [7, 11) is 1.30. The molecular formula is C15H16ClFN4O3S. The number of hydrogen-bond acceptors (Lipinski definition) is 6. The minimum Gasteiger partial charge on any atom is -0.465 e. The van der Waals surface area contributed by atoms with Gasteiger partial charge in [-0.15, -0.1) is 0 Å². The Balaban J connectivity index is 1.59. The van der Waals surface area contributed by atoms with E-state index in [0.717, 1.165) is 11.3 Å². The van der Waals surface area contributed by atoms with E-state index in [1.54, 1.807) is 4.90 Å². The first kappa shape index (κ1) is 17.7. The number of aromatic nitrogens is 2. The van der Waals surface area contributed by atoms with Gasteiger partial charge in [-0.05, 0) is 12.5 Å². The van der Waals surface area contributed by atoms with E-state index in [9.17, 15) is 14.0 Å². The summed E-state index contributed by atoms with van der Waals surface area (Å²) < 4.78 is 19.1. The third-order valence-corrected chi connectivity index (χ3v) is 5.16. The molecule has 1 fully saturated rings. The van der Waals surface area contributed by atoms with Crippen molar-refractivity contribution in [2.75, 3.05) is 25.1 Å². The Morgan fingerprint density at radius 1 is 1.56 bits per heavy atom. The van der Waals surface area contributed by atoms with E-state index in [-0.39, 0.29) is 6.54 Å². The number of thiazole rings is 1. The van der Waals surface area contributed by atoms with Crippen LogP contribution in [0.25, 0.3) is 0 Å². The van der Waals surface area contributed by atoms with Crippen LogP contribution in [0.3, 0.4) is 0 Å². The number of carbonyl (C=O) groups is 2. The number of methoxy groups -OCH3 is 1. The normalized spacial score (nSPS) is 20.4. The summed E-state index contributed by atoms with van der Waals surface area (Å²) in [6, 6.07) is 0.897. The van der Waals surface area contributed by atoms with Crippen LogP contribution in [0.2, 0.25) is 5.02 Å². The van der Waals surface area contributed by atoms with Crippen molar-refractivity contribution in [3.05, 3.63) is 34.1 Å². The van der Waals surface area contributed by atoms with E-state index in [2.05, 4.69) is 20.0 Å². The number of aromatic amines is 1. The van der Waals surface area contributed by atoms with Crippen LogP contribution < -0.4 is 10.2 Å². The van der Waals surface area contributed by atoms with Crippen LogP contribution in [0.5, 0.6) is 0 Å². The molecule has 3 heterocycles. The molecule has 0 aromatic carbocycles. The molecule has 0 radical (unpaired) electrons. The molecule has 0 spiro atoms.